The Balaban J connectivity index is 1.93. The summed E-state index contributed by atoms with van der Waals surface area (Å²) in [5, 5.41) is 0. The molecule has 30 heavy (non-hydrogen) atoms. The summed E-state index contributed by atoms with van der Waals surface area (Å²) in [5.74, 6) is 0. The molecule has 0 aliphatic carbocycles. The van der Waals surface area contributed by atoms with Crippen LogP contribution in [0.3, 0.4) is 0 Å². The summed E-state index contributed by atoms with van der Waals surface area (Å²) in [7, 11) is 0. The summed E-state index contributed by atoms with van der Waals surface area (Å²) in [6.07, 6.45) is 13.1. The molecule has 0 aliphatic heterocycles. The van der Waals surface area contributed by atoms with Crippen molar-refractivity contribution >= 4 is 47.4 Å². The van der Waals surface area contributed by atoms with Gasteiger partial charge in [-0.3, -0.25) is 9.59 Å². The molecule has 0 saturated heterocycles. The first kappa shape index (κ1) is 22.1. The van der Waals surface area contributed by atoms with Gasteiger partial charge in [-0.25, -0.2) is 0 Å². The predicted octanol–water partition coefficient (Wildman–Crippen LogP) is 7.61. The predicted molar refractivity (Wildman–Crippen MR) is 131 cm³/mol. The molecule has 0 fully saturated rings. The minimum absolute atomic E-state index is 0.802. The van der Waals surface area contributed by atoms with Gasteiger partial charge in [-0.1, -0.05) is 31.9 Å². The van der Waals surface area contributed by atoms with Crippen LogP contribution in [0.15, 0.2) is 48.6 Å². The lowest BCUT2D eigenvalue weighted by Gasteiger charge is -2.09. The molecule has 3 aromatic rings. The van der Waals surface area contributed by atoms with E-state index >= 15 is 0 Å². The minimum Gasteiger partial charge on any atom is -0.299 e. The second-order valence-corrected chi connectivity index (χ2v) is 9.38. The van der Waals surface area contributed by atoms with Gasteiger partial charge in [0.25, 0.3) is 0 Å². The quantitative estimate of drug-likeness (QED) is 0.187. The number of aryl methyl sites for hydroxylation is 2. The molecule has 0 amide bonds. The summed E-state index contributed by atoms with van der Waals surface area (Å²) in [4.78, 5) is 26.0. The molecule has 3 rings (SSSR count). The second-order valence-electron chi connectivity index (χ2n) is 7.18. The first-order valence-corrected chi connectivity index (χ1v) is 11.9. The third-order valence-corrected chi connectivity index (χ3v) is 7.21. The molecule has 4 heteroatoms. The van der Waals surface area contributed by atoms with Crippen LogP contribution in [0.2, 0.25) is 0 Å². The maximum Gasteiger partial charge on any atom is 0.142 e. The van der Waals surface area contributed by atoms with Gasteiger partial charge >= 0.3 is 0 Å². The smallest absolute Gasteiger partial charge is 0.142 e. The Morgan fingerprint density at radius 1 is 0.867 bits per heavy atom. The average Bonchev–Trinajstić information content (AvgIpc) is 3.38. The number of allylic oxidation sites excluding steroid dienone is 2. The maximum absolute atomic E-state index is 10.7. The Morgan fingerprint density at radius 3 is 2.33 bits per heavy atom. The molecular weight excluding hydrogens is 408 g/mol. The zero-order valence-electron chi connectivity index (χ0n) is 17.4. The zero-order chi connectivity index (χ0) is 21.3. The molecule has 0 N–H and O–H groups in total. The maximum atomic E-state index is 10.7. The highest BCUT2D eigenvalue weighted by Gasteiger charge is 2.13. The fraction of sp³-hybridized carbons (Fsp3) is 0.231. The number of carbonyl (C=O) groups is 2. The number of hydrogen-bond acceptors (Lipinski definition) is 4. The molecule has 0 aliphatic rings. The third kappa shape index (κ3) is 5.53. The van der Waals surface area contributed by atoms with Gasteiger partial charge in [-0.2, -0.15) is 0 Å². The minimum atomic E-state index is 0.802. The van der Waals surface area contributed by atoms with E-state index in [1.54, 1.807) is 28.7 Å². The topological polar surface area (TPSA) is 34.1 Å². The van der Waals surface area contributed by atoms with E-state index in [0.717, 1.165) is 28.7 Å². The second kappa shape index (κ2) is 11.0. The van der Waals surface area contributed by atoms with E-state index < -0.39 is 0 Å². The summed E-state index contributed by atoms with van der Waals surface area (Å²) in [5.41, 5.74) is 5.07. The SMILES string of the molecule is CCCCCc1cc(/C=C/C=O)sc1-c1ccc(-c2ccc(/C=C/C=O)s2)cc1C. The molecule has 0 unspecified atom stereocenters. The Hall–Kier alpha value is -2.56. The molecule has 0 radical (unpaired) electrons. The van der Waals surface area contributed by atoms with Crippen molar-refractivity contribution in [3.63, 3.8) is 0 Å². The van der Waals surface area contributed by atoms with Crippen LogP contribution in [0, 0.1) is 6.92 Å². The van der Waals surface area contributed by atoms with E-state index in [1.165, 1.54) is 57.3 Å². The zero-order valence-corrected chi connectivity index (χ0v) is 19.0. The van der Waals surface area contributed by atoms with Crippen molar-refractivity contribution in [3.05, 3.63) is 69.4 Å². The molecule has 154 valence electrons. The number of benzene rings is 1. The summed E-state index contributed by atoms with van der Waals surface area (Å²) >= 11 is 3.44. The third-order valence-electron chi connectivity index (χ3n) is 4.94. The van der Waals surface area contributed by atoms with Gasteiger partial charge in [0.15, 0.2) is 0 Å². The first-order chi connectivity index (χ1) is 14.7. The highest BCUT2D eigenvalue weighted by atomic mass is 32.1. The van der Waals surface area contributed by atoms with E-state index in [4.69, 9.17) is 0 Å². The van der Waals surface area contributed by atoms with Crippen LogP contribution in [-0.2, 0) is 16.0 Å². The van der Waals surface area contributed by atoms with Gasteiger partial charge < -0.3 is 0 Å². The van der Waals surface area contributed by atoms with Crippen molar-refractivity contribution in [1.29, 1.82) is 0 Å². The van der Waals surface area contributed by atoms with Gasteiger partial charge in [0.2, 0.25) is 0 Å². The van der Waals surface area contributed by atoms with E-state index in [0.29, 0.717) is 0 Å². The van der Waals surface area contributed by atoms with Crippen LogP contribution in [0.1, 0.15) is 47.1 Å². The van der Waals surface area contributed by atoms with Crippen molar-refractivity contribution in [2.45, 2.75) is 39.5 Å². The van der Waals surface area contributed by atoms with Crippen molar-refractivity contribution in [3.8, 4) is 20.9 Å². The fourth-order valence-corrected chi connectivity index (χ4v) is 5.58. The van der Waals surface area contributed by atoms with Crippen molar-refractivity contribution in [1.82, 2.24) is 0 Å². The van der Waals surface area contributed by atoms with E-state index in [9.17, 15) is 9.59 Å². The molecule has 2 nitrogen and oxygen atoms in total. The van der Waals surface area contributed by atoms with Crippen LogP contribution in [0.25, 0.3) is 33.0 Å². The van der Waals surface area contributed by atoms with Crippen LogP contribution in [-0.4, -0.2) is 12.6 Å². The molecular formula is C26H26O2S2. The normalized spacial score (nSPS) is 11.5. The number of rotatable bonds is 10. The highest BCUT2D eigenvalue weighted by Crippen LogP contribution is 2.38. The molecule has 2 aromatic heterocycles. The molecule has 0 spiro atoms. The van der Waals surface area contributed by atoms with E-state index in [-0.39, 0.29) is 0 Å². The van der Waals surface area contributed by atoms with Crippen molar-refractivity contribution in [2.75, 3.05) is 0 Å². The number of aldehydes is 2. The molecule has 0 saturated carbocycles. The lowest BCUT2D eigenvalue weighted by molar-refractivity contribution is -0.104. The lowest BCUT2D eigenvalue weighted by atomic mass is 9.98. The molecule has 2 heterocycles. The summed E-state index contributed by atoms with van der Waals surface area (Å²) in [6, 6.07) is 13.0. The van der Waals surface area contributed by atoms with Gasteiger partial charge in [0.05, 0.1) is 0 Å². The standard InChI is InChI=1S/C26H26O2S2/c1-3-4-5-8-21-18-23(10-7-16-28)30-26(21)24-13-11-20(17-19(24)2)25-14-12-22(29-25)9-6-15-27/h6-7,9-18H,3-5,8H2,1-2H3/b9-6+,10-7+. The molecule has 1 aromatic carbocycles. The average molecular weight is 435 g/mol. The van der Waals surface area contributed by atoms with Crippen molar-refractivity contribution < 1.29 is 9.59 Å². The van der Waals surface area contributed by atoms with Crippen LogP contribution in [0.4, 0.5) is 0 Å². The Morgan fingerprint density at radius 2 is 1.63 bits per heavy atom. The highest BCUT2D eigenvalue weighted by molar-refractivity contribution is 7.16. The van der Waals surface area contributed by atoms with Gasteiger partial charge in [0.1, 0.15) is 12.6 Å². The largest absolute Gasteiger partial charge is 0.299 e. The van der Waals surface area contributed by atoms with E-state index in [1.807, 2.05) is 18.2 Å². The Kier molecular flexibility index (Phi) is 8.12. The first-order valence-electron chi connectivity index (χ1n) is 10.2. The number of carbonyl (C=O) groups excluding carboxylic acids is 2. The Bertz CT molecular complexity index is 1070. The number of hydrogen-bond donors (Lipinski definition) is 0. The van der Waals surface area contributed by atoms with Crippen LogP contribution < -0.4 is 0 Å². The van der Waals surface area contributed by atoms with Gasteiger partial charge in [-0.05, 0) is 90.6 Å². The van der Waals surface area contributed by atoms with Gasteiger partial charge in [-0.15, -0.1) is 22.7 Å². The van der Waals surface area contributed by atoms with Gasteiger partial charge in [0, 0.05) is 19.5 Å². The van der Waals surface area contributed by atoms with Crippen LogP contribution in [0.5, 0.6) is 0 Å². The van der Waals surface area contributed by atoms with Crippen molar-refractivity contribution in [2.24, 2.45) is 0 Å². The van der Waals surface area contributed by atoms with E-state index in [2.05, 4.69) is 44.2 Å². The number of unbranched alkanes of at least 4 members (excludes halogenated alkanes) is 2. The number of thiophene rings is 2. The summed E-state index contributed by atoms with van der Waals surface area (Å²) < 4.78 is 0. The summed E-state index contributed by atoms with van der Waals surface area (Å²) in [6.45, 7) is 4.39. The molecule has 0 bridgehead atoms. The van der Waals surface area contributed by atoms with Crippen LogP contribution >= 0.6 is 22.7 Å². The molecule has 0 atom stereocenters. The monoisotopic (exact) mass is 434 g/mol. The fourth-order valence-electron chi connectivity index (χ4n) is 3.45. The Labute approximate surface area is 186 Å². The lowest BCUT2D eigenvalue weighted by Crippen LogP contribution is -1.88.